The molecule has 0 bridgehead atoms. The molecule has 1 amide bonds. The number of hydrogen-bond donors (Lipinski definition) is 1. The first-order chi connectivity index (χ1) is 13.2. The molecule has 3 heterocycles. The maximum absolute atomic E-state index is 13.3. The number of nitrogens with one attached hydrogen (secondary N) is 1. The monoisotopic (exact) mass is 362 g/mol. The maximum atomic E-state index is 13.3. The minimum absolute atomic E-state index is 0.0292. The molecule has 136 valence electrons. The van der Waals surface area contributed by atoms with Crippen molar-refractivity contribution >= 4 is 5.91 Å². The highest BCUT2D eigenvalue weighted by atomic mass is 19.1. The average Bonchev–Trinajstić information content (AvgIpc) is 3.27. The first-order valence-corrected chi connectivity index (χ1v) is 9.14. The third kappa shape index (κ3) is 2.64. The van der Waals surface area contributed by atoms with Gasteiger partial charge < -0.3 is 4.90 Å². The van der Waals surface area contributed by atoms with Crippen molar-refractivity contribution in [1.29, 1.82) is 0 Å². The highest BCUT2D eigenvalue weighted by Gasteiger charge is 2.41. The molecule has 1 atom stereocenters. The van der Waals surface area contributed by atoms with Gasteiger partial charge in [-0.25, -0.2) is 4.39 Å². The number of fused-ring (bicyclic) bond motifs is 3. The van der Waals surface area contributed by atoms with E-state index in [1.54, 1.807) is 12.1 Å². The van der Waals surface area contributed by atoms with Crippen molar-refractivity contribution < 1.29 is 9.18 Å². The van der Waals surface area contributed by atoms with Crippen molar-refractivity contribution in [1.82, 2.24) is 20.0 Å². The second-order valence-corrected chi connectivity index (χ2v) is 7.06. The third-order valence-corrected chi connectivity index (χ3v) is 5.44. The van der Waals surface area contributed by atoms with Gasteiger partial charge in [0.1, 0.15) is 12.0 Å². The van der Waals surface area contributed by atoms with E-state index in [1.807, 2.05) is 35.4 Å². The smallest absolute Gasteiger partial charge is 0.255 e. The molecule has 0 unspecified atom stereocenters. The lowest BCUT2D eigenvalue weighted by Crippen LogP contribution is -2.45. The second-order valence-electron chi connectivity index (χ2n) is 7.06. The standard InChI is InChI=1S/C21H19FN4O/c22-16-8-6-14(7-9-16)19-15(12-23-24-19)13-25-10-3-11-26-20(25)17-4-1-2-5-18(17)21(26)27/h1-2,4-9,12,20H,3,10-11,13H2,(H,23,24)/t20-/m0/s1. The van der Waals surface area contributed by atoms with E-state index >= 15 is 0 Å². The lowest BCUT2D eigenvalue weighted by Gasteiger charge is -2.40. The van der Waals surface area contributed by atoms with E-state index in [2.05, 4.69) is 15.1 Å². The van der Waals surface area contributed by atoms with Crippen LogP contribution in [0.25, 0.3) is 11.3 Å². The Kier molecular flexibility index (Phi) is 3.79. The van der Waals surface area contributed by atoms with Crippen molar-refractivity contribution in [2.24, 2.45) is 0 Å². The number of benzene rings is 2. The van der Waals surface area contributed by atoms with Gasteiger partial charge >= 0.3 is 0 Å². The molecule has 5 nitrogen and oxygen atoms in total. The Labute approximate surface area is 156 Å². The zero-order valence-electron chi connectivity index (χ0n) is 14.7. The van der Waals surface area contributed by atoms with Gasteiger partial charge in [-0.1, -0.05) is 18.2 Å². The van der Waals surface area contributed by atoms with Crippen molar-refractivity contribution in [3.63, 3.8) is 0 Å². The number of amides is 1. The van der Waals surface area contributed by atoms with Crippen LogP contribution in [-0.4, -0.2) is 39.0 Å². The van der Waals surface area contributed by atoms with Crippen molar-refractivity contribution in [3.05, 3.63) is 77.2 Å². The number of aromatic amines is 1. The van der Waals surface area contributed by atoms with E-state index in [1.165, 1.54) is 12.1 Å². The van der Waals surface area contributed by atoms with Gasteiger partial charge in [0.05, 0.1) is 11.9 Å². The van der Waals surface area contributed by atoms with E-state index in [0.29, 0.717) is 6.54 Å². The van der Waals surface area contributed by atoms with Crippen LogP contribution >= 0.6 is 0 Å². The fourth-order valence-corrected chi connectivity index (χ4v) is 4.22. The normalized spacial score (nSPS) is 19.2. The van der Waals surface area contributed by atoms with Gasteiger partial charge in [0.25, 0.3) is 5.91 Å². The molecule has 0 aliphatic carbocycles. The summed E-state index contributed by atoms with van der Waals surface area (Å²) in [5.41, 5.74) is 4.72. The summed E-state index contributed by atoms with van der Waals surface area (Å²) in [5.74, 6) is -0.140. The molecule has 0 radical (unpaired) electrons. The van der Waals surface area contributed by atoms with Gasteiger partial charge in [0, 0.05) is 41.9 Å². The summed E-state index contributed by atoms with van der Waals surface area (Å²) in [6, 6.07) is 14.3. The largest absolute Gasteiger partial charge is 0.319 e. The van der Waals surface area contributed by atoms with Gasteiger partial charge in [-0.2, -0.15) is 5.10 Å². The number of H-pyrrole nitrogens is 1. The fraction of sp³-hybridized carbons (Fsp3) is 0.238. The highest BCUT2D eigenvalue weighted by Crippen LogP contribution is 2.39. The number of hydrogen-bond acceptors (Lipinski definition) is 3. The Bertz CT molecular complexity index is 997. The number of carbonyl (C=O) groups excluding carboxylic acids is 1. The van der Waals surface area contributed by atoms with Gasteiger partial charge in [0.2, 0.25) is 0 Å². The minimum Gasteiger partial charge on any atom is -0.319 e. The number of carbonyl (C=O) groups is 1. The lowest BCUT2D eigenvalue weighted by molar-refractivity contribution is 0.0125. The van der Waals surface area contributed by atoms with Crippen LogP contribution in [0.4, 0.5) is 4.39 Å². The van der Waals surface area contributed by atoms with Crippen LogP contribution in [0.15, 0.2) is 54.7 Å². The molecule has 2 aromatic carbocycles. The van der Waals surface area contributed by atoms with Crippen LogP contribution in [0.5, 0.6) is 0 Å². The van der Waals surface area contributed by atoms with Crippen molar-refractivity contribution in [2.45, 2.75) is 19.1 Å². The van der Waals surface area contributed by atoms with Gasteiger partial charge in [-0.05, 0) is 36.8 Å². The Morgan fingerprint density at radius 1 is 1.11 bits per heavy atom. The Balaban J connectivity index is 1.48. The van der Waals surface area contributed by atoms with Crippen LogP contribution in [0.2, 0.25) is 0 Å². The zero-order chi connectivity index (χ0) is 18.4. The van der Waals surface area contributed by atoms with Gasteiger partial charge in [0.15, 0.2) is 0 Å². The van der Waals surface area contributed by atoms with Crippen molar-refractivity contribution in [2.75, 3.05) is 13.1 Å². The van der Waals surface area contributed by atoms with Gasteiger partial charge in [-0.15, -0.1) is 0 Å². The number of halogens is 1. The molecule has 1 aromatic heterocycles. The molecule has 27 heavy (non-hydrogen) atoms. The first-order valence-electron chi connectivity index (χ1n) is 9.14. The van der Waals surface area contributed by atoms with E-state index in [9.17, 15) is 9.18 Å². The molecule has 0 spiro atoms. The molecular weight excluding hydrogens is 343 g/mol. The predicted molar refractivity (Wildman–Crippen MR) is 99.2 cm³/mol. The molecule has 1 fully saturated rings. The van der Waals surface area contributed by atoms with Crippen LogP contribution in [0.1, 0.15) is 34.1 Å². The SMILES string of the molecule is O=C1c2ccccc2[C@H]2N(Cc3cn[nH]c3-c3ccc(F)cc3)CCCN12. The Hall–Kier alpha value is -2.99. The summed E-state index contributed by atoms with van der Waals surface area (Å²) in [4.78, 5) is 17.0. The zero-order valence-corrected chi connectivity index (χ0v) is 14.7. The summed E-state index contributed by atoms with van der Waals surface area (Å²) in [6.07, 6.45) is 2.73. The lowest BCUT2D eigenvalue weighted by atomic mass is 10.0. The van der Waals surface area contributed by atoms with Crippen LogP contribution in [-0.2, 0) is 6.54 Å². The molecule has 1 N–H and O–H groups in total. The summed E-state index contributed by atoms with van der Waals surface area (Å²) >= 11 is 0. The third-order valence-electron chi connectivity index (χ3n) is 5.44. The summed E-state index contributed by atoms with van der Waals surface area (Å²) in [7, 11) is 0. The molecule has 6 heteroatoms. The van der Waals surface area contributed by atoms with Crippen LogP contribution < -0.4 is 0 Å². The summed E-state index contributed by atoms with van der Waals surface area (Å²) in [6.45, 7) is 2.37. The van der Waals surface area contributed by atoms with E-state index in [0.717, 1.165) is 47.5 Å². The molecular formula is C21H19FN4O. The fourth-order valence-electron chi connectivity index (χ4n) is 4.22. The van der Waals surface area contributed by atoms with Gasteiger partial charge in [-0.3, -0.25) is 14.8 Å². The maximum Gasteiger partial charge on any atom is 0.255 e. The quantitative estimate of drug-likeness (QED) is 0.775. The number of nitrogens with zero attached hydrogens (tertiary/aromatic N) is 3. The minimum atomic E-state index is -0.257. The molecule has 5 rings (SSSR count). The van der Waals surface area contributed by atoms with E-state index in [4.69, 9.17) is 0 Å². The average molecular weight is 362 g/mol. The van der Waals surface area contributed by atoms with Crippen LogP contribution in [0.3, 0.4) is 0 Å². The topological polar surface area (TPSA) is 52.2 Å². The molecule has 3 aromatic rings. The predicted octanol–water partition coefficient (Wildman–Crippen LogP) is 3.58. The van der Waals surface area contributed by atoms with E-state index in [-0.39, 0.29) is 17.9 Å². The Morgan fingerprint density at radius 3 is 2.78 bits per heavy atom. The Morgan fingerprint density at radius 2 is 1.93 bits per heavy atom. The van der Waals surface area contributed by atoms with Crippen LogP contribution in [0, 0.1) is 5.82 Å². The second kappa shape index (κ2) is 6.32. The highest BCUT2D eigenvalue weighted by molar-refractivity contribution is 5.99. The summed E-state index contributed by atoms with van der Waals surface area (Å²) in [5, 5.41) is 7.24. The summed E-state index contributed by atoms with van der Waals surface area (Å²) < 4.78 is 13.3. The van der Waals surface area contributed by atoms with Crippen molar-refractivity contribution in [3.8, 4) is 11.3 Å². The molecule has 0 saturated carbocycles. The van der Waals surface area contributed by atoms with E-state index < -0.39 is 0 Å². The molecule has 2 aliphatic rings. The molecule has 1 saturated heterocycles. The first kappa shape index (κ1) is 16.2. The molecule has 2 aliphatic heterocycles. The number of aromatic nitrogens is 2. The number of rotatable bonds is 3.